The number of methoxy groups -OCH3 is 1. The highest BCUT2D eigenvalue weighted by atomic mass is 32.1. The van der Waals surface area contributed by atoms with Crippen LogP contribution in [0.25, 0.3) is 0 Å². The van der Waals surface area contributed by atoms with E-state index >= 15 is 0 Å². The molecule has 6 heteroatoms. The van der Waals surface area contributed by atoms with Crippen LogP contribution in [-0.2, 0) is 4.79 Å². The molecule has 1 aliphatic heterocycles. The van der Waals surface area contributed by atoms with Gasteiger partial charge in [-0.05, 0) is 25.0 Å². The van der Waals surface area contributed by atoms with Gasteiger partial charge >= 0.3 is 0 Å². The summed E-state index contributed by atoms with van der Waals surface area (Å²) in [7, 11) is 1.56. The number of hydrogen-bond donors (Lipinski definition) is 2. The van der Waals surface area contributed by atoms with Crippen LogP contribution in [0.1, 0.15) is 22.5 Å². The van der Waals surface area contributed by atoms with E-state index in [1.807, 2.05) is 0 Å². The molecular weight excluding hydrogens is 240 g/mol. The molecular formula is C11H14N2O3S. The van der Waals surface area contributed by atoms with Crippen molar-refractivity contribution in [3.05, 3.63) is 17.0 Å². The third kappa shape index (κ3) is 2.76. The minimum absolute atomic E-state index is 0.104. The normalized spacial score (nSPS) is 19.6. The molecule has 1 atom stereocenters. The zero-order valence-electron chi connectivity index (χ0n) is 9.49. The minimum atomic E-state index is -0.413. The summed E-state index contributed by atoms with van der Waals surface area (Å²) in [5.74, 6) is -0.325. The van der Waals surface area contributed by atoms with Crippen LogP contribution in [0.3, 0.4) is 0 Å². The Labute approximate surface area is 103 Å². The SMILES string of the molecule is COc1ccc(C(=O)NC2CCCNC2=O)s1. The van der Waals surface area contributed by atoms with E-state index in [9.17, 15) is 9.59 Å². The van der Waals surface area contributed by atoms with Crippen molar-refractivity contribution in [2.24, 2.45) is 0 Å². The molecule has 0 bridgehead atoms. The van der Waals surface area contributed by atoms with E-state index in [-0.39, 0.29) is 11.8 Å². The van der Waals surface area contributed by atoms with E-state index in [2.05, 4.69) is 10.6 Å². The Balaban J connectivity index is 1.98. The topological polar surface area (TPSA) is 67.4 Å². The van der Waals surface area contributed by atoms with Gasteiger partial charge in [-0.15, -0.1) is 0 Å². The van der Waals surface area contributed by atoms with E-state index < -0.39 is 6.04 Å². The summed E-state index contributed by atoms with van der Waals surface area (Å²) >= 11 is 1.26. The lowest BCUT2D eigenvalue weighted by Crippen LogP contribution is -2.50. The first-order valence-electron chi connectivity index (χ1n) is 5.43. The van der Waals surface area contributed by atoms with Crippen molar-refractivity contribution in [3.8, 4) is 5.06 Å². The molecule has 0 saturated carbocycles. The second kappa shape index (κ2) is 5.18. The molecule has 1 unspecified atom stereocenters. The third-order valence-corrected chi connectivity index (χ3v) is 3.64. The van der Waals surface area contributed by atoms with Crippen molar-refractivity contribution in [1.29, 1.82) is 0 Å². The van der Waals surface area contributed by atoms with Gasteiger partial charge in [0.05, 0.1) is 12.0 Å². The Bertz CT molecular complexity index is 430. The fraction of sp³-hybridized carbons (Fsp3) is 0.455. The van der Waals surface area contributed by atoms with Crippen molar-refractivity contribution < 1.29 is 14.3 Å². The summed E-state index contributed by atoms with van der Waals surface area (Å²) in [4.78, 5) is 23.9. The van der Waals surface area contributed by atoms with E-state index in [1.165, 1.54) is 11.3 Å². The monoisotopic (exact) mass is 254 g/mol. The van der Waals surface area contributed by atoms with Crippen LogP contribution in [0.15, 0.2) is 12.1 Å². The van der Waals surface area contributed by atoms with E-state index in [0.29, 0.717) is 22.9 Å². The number of rotatable bonds is 3. The largest absolute Gasteiger partial charge is 0.487 e. The van der Waals surface area contributed by atoms with Crippen molar-refractivity contribution in [2.75, 3.05) is 13.7 Å². The second-order valence-corrected chi connectivity index (χ2v) is 4.83. The molecule has 1 saturated heterocycles. The predicted molar refractivity (Wildman–Crippen MR) is 64.4 cm³/mol. The third-order valence-electron chi connectivity index (χ3n) is 2.60. The molecule has 2 rings (SSSR count). The molecule has 0 spiro atoms. The number of thiophene rings is 1. The molecule has 1 aromatic heterocycles. The van der Waals surface area contributed by atoms with Crippen LogP contribution >= 0.6 is 11.3 Å². The van der Waals surface area contributed by atoms with Crippen LogP contribution in [0.2, 0.25) is 0 Å². The molecule has 2 heterocycles. The summed E-state index contributed by atoms with van der Waals surface area (Å²) in [6.45, 7) is 0.692. The molecule has 5 nitrogen and oxygen atoms in total. The van der Waals surface area contributed by atoms with Crippen molar-refractivity contribution in [1.82, 2.24) is 10.6 Å². The van der Waals surface area contributed by atoms with E-state index in [1.54, 1.807) is 19.2 Å². The molecule has 1 aliphatic rings. The van der Waals surface area contributed by atoms with Gasteiger partial charge in [0.2, 0.25) is 5.91 Å². The van der Waals surface area contributed by atoms with Gasteiger partial charge in [-0.1, -0.05) is 11.3 Å². The number of carbonyl (C=O) groups excluding carboxylic acids is 2. The van der Waals surface area contributed by atoms with Crippen LogP contribution in [0, 0.1) is 0 Å². The van der Waals surface area contributed by atoms with Gasteiger partial charge in [-0.2, -0.15) is 0 Å². The summed E-state index contributed by atoms with van der Waals surface area (Å²) in [6, 6.07) is 3.02. The lowest BCUT2D eigenvalue weighted by molar-refractivity contribution is -0.124. The van der Waals surface area contributed by atoms with Gasteiger partial charge in [-0.3, -0.25) is 9.59 Å². The number of hydrogen-bond acceptors (Lipinski definition) is 4. The summed E-state index contributed by atoms with van der Waals surface area (Å²) in [6.07, 6.45) is 1.59. The second-order valence-electron chi connectivity index (χ2n) is 3.78. The molecule has 1 aromatic rings. The fourth-order valence-electron chi connectivity index (χ4n) is 1.69. The summed E-state index contributed by atoms with van der Waals surface area (Å²) < 4.78 is 5.02. The van der Waals surface area contributed by atoms with Gasteiger partial charge in [-0.25, -0.2) is 0 Å². The van der Waals surface area contributed by atoms with E-state index in [0.717, 1.165) is 6.42 Å². The molecule has 1 fully saturated rings. The van der Waals surface area contributed by atoms with Crippen LogP contribution < -0.4 is 15.4 Å². The van der Waals surface area contributed by atoms with Gasteiger partial charge in [0.15, 0.2) is 5.06 Å². The first kappa shape index (κ1) is 11.9. The van der Waals surface area contributed by atoms with Gasteiger partial charge in [0, 0.05) is 6.54 Å². The maximum atomic E-state index is 11.9. The molecule has 0 radical (unpaired) electrons. The molecule has 0 aliphatic carbocycles. The highest BCUT2D eigenvalue weighted by Crippen LogP contribution is 2.23. The Morgan fingerprint density at radius 1 is 1.59 bits per heavy atom. The lowest BCUT2D eigenvalue weighted by Gasteiger charge is -2.22. The van der Waals surface area contributed by atoms with Crippen molar-refractivity contribution in [3.63, 3.8) is 0 Å². The first-order chi connectivity index (χ1) is 8.20. The minimum Gasteiger partial charge on any atom is -0.487 e. The Hall–Kier alpha value is -1.56. The van der Waals surface area contributed by atoms with Crippen LogP contribution in [0.4, 0.5) is 0 Å². The molecule has 0 aromatic carbocycles. The molecule has 92 valence electrons. The highest BCUT2D eigenvalue weighted by molar-refractivity contribution is 7.15. The maximum absolute atomic E-state index is 11.9. The number of amides is 2. The van der Waals surface area contributed by atoms with Crippen LogP contribution in [-0.4, -0.2) is 31.5 Å². The number of piperidine rings is 1. The van der Waals surface area contributed by atoms with Crippen molar-refractivity contribution in [2.45, 2.75) is 18.9 Å². The average Bonchev–Trinajstić information content (AvgIpc) is 2.81. The zero-order valence-corrected chi connectivity index (χ0v) is 10.3. The molecule has 2 amide bonds. The Morgan fingerprint density at radius 2 is 2.41 bits per heavy atom. The first-order valence-corrected chi connectivity index (χ1v) is 6.25. The van der Waals surface area contributed by atoms with E-state index in [4.69, 9.17) is 4.74 Å². The predicted octanol–water partition coefficient (Wildman–Crippen LogP) is 0.765. The quantitative estimate of drug-likeness (QED) is 0.837. The lowest BCUT2D eigenvalue weighted by atomic mass is 10.1. The summed E-state index contributed by atoms with van der Waals surface area (Å²) in [5, 5.41) is 6.14. The zero-order chi connectivity index (χ0) is 12.3. The highest BCUT2D eigenvalue weighted by Gasteiger charge is 2.24. The smallest absolute Gasteiger partial charge is 0.262 e. The Kier molecular flexibility index (Phi) is 3.63. The summed E-state index contributed by atoms with van der Waals surface area (Å²) in [5.41, 5.74) is 0. The molecule has 2 N–H and O–H groups in total. The molecule has 17 heavy (non-hydrogen) atoms. The average molecular weight is 254 g/mol. The number of ether oxygens (including phenoxy) is 1. The van der Waals surface area contributed by atoms with Crippen LogP contribution in [0.5, 0.6) is 5.06 Å². The fourth-order valence-corrected chi connectivity index (χ4v) is 2.41. The van der Waals surface area contributed by atoms with Gasteiger partial charge < -0.3 is 15.4 Å². The van der Waals surface area contributed by atoms with Gasteiger partial charge in [0.1, 0.15) is 6.04 Å². The maximum Gasteiger partial charge on any atom is 0.262 e. The van der Waals surface area contributed by atoms with Gasteiger partial charge in [0.25, 0.3) is 5.91 Å². The number of carbonyl (C=O) groups is 2. The Morgan fingerprint density at radius 3 is 3.06 bits per heavy atom. The standard InChI is InChI=1S/C11H14N2O3S/c1-16-9-5-4-8(17-9)11(15)13-7-3-2-6-12-10(7)14/h4-5,7H,2-3,6H2,1H3,(H,12,14)(H,13,15). The number of nitrogens with one attached hydrogen (secondary N) is 2. The van der Waals surface area contributed by atoms with Crippen molar-refractivity contribution >= 4 is 23.2 Å².